The minimum absolute atomic E-state index is 0. The van der Waals surface area contributed by atoms with Crippen molar-refractivity contribution in [2.24, 2.45) is 0 Å². The number of rotatable bonds is 6. The molecule has 0 aliphatic heterocycles. The predicted octanol–water partition coefficient (Wildman–Crippen LogP) is 1.85. The SMILES string of the molecule is CSC(Cl)=C(NC(C)=O)[P+](c1ccccc1)(c1ccccc1)c1ccccc1.[I-]. The van der Waals surface area contributed by atoms with Crippen molar-refractivity contribution in [2.75, 3.05) is 6.26 Å². The van der Waals surface area contributed by atoms with Gasteiger partial charge in [0.15, 0.2) is 7.26 Å². The molecule has 3 rings (SSSR count). The van der Waals surface area contributed by atoms with Crippen LogP contribution in [0.4, 0.5) is 0 Å². The summed E-state index contributed by atoms with van der Waals surface area (Å²) in [4.78, 5) is 12.2. The van der Waals surface area contributed by atoms with Gasteiger partial charge in [0.1, 0.15) is 20.3 Å². The van der Waals surface area contributed by atoms with Crippen LogP contribution in [-0.4, -0.2) is 12.2 Å². The Morgan fingerprint density at radius 3 is 1.41 bits per heavy atom. The van der Waals surface area contributed by atoms with Crippen LogP contribution in [-0.2, 0) is 4.79 Å². The molecule has 1 N–H and O–H groups in total. The summed E-state index contributed by atoms with van der Waals surface area (Å²) >= 11 is 8.21. The molecular weight excluding hydrogens is 532 g/mol. The summed E-state index contributed by atoms with van der Waals surface area (Å²) in [6, 6.07) is 31.0. The molecule has 3 aromatic carbocycles. The summed E-state index contributed by atoms with van der Waals surface area (Å²) in [5.41, 5.74) is 0.776. The zero-order valence-electron chi connectivity index (χ0n) is 16.2. The van der Waals surface area contributed by atoms with Crippen molar-refractivity contribution in [1.29, 1.82) is 0 Å². The number of hydrogen-bond acceptors (Lipinski definition) is 2. The summed E-state index contributed by atoms with van der Waals surface area (Å²) in [5, 5.41) is 6.53. The molecule has 0 heterocycles. The van der Waals surface area contributed by atoms with Crippen LogP contribution < -0.4 is 45.2 Å². The second-order valence-corrected chi connectivity index (χ2v) is 10.9. The molecule has 0 unspecified atom stereocenters. The average Bonchev–Trinajstić information content (AvgIpc) is 2.75. The summed E-state index contributed by atoms with van der Waals surface area (Å²) in [6.07, 6.45) is 1.93. The fourth-order valence-electron chi connectivity index (χ4n) is 3.32. The first kappa shape index (κ1) is 23.9. The van der Waals surface area contributed by atoms with Crippen LogP contribution in [0.5, 0.6) is 0 Å². The zero-order chi connectivity index (χ0) is 20.0. The van der Waals surface area contributed by atoms with Gasteiger partial charge in [-0.25, -0.2) is 0 Å². The lowest BCUT2D eigenvalue weighted by molar-refractivity contribution is -0.118. The van der Waals surface area contributed by atoms with E-state index in [-0.39, 0.29) is 29.9 Å². The van der Waals surface area contributed by atoms with Gasteiger partial charge < -0.3 is 24.0 Å². The fourth-order valence-corrected chi connectivity index (χ4v) is 8.79. The van der Waals surface area contributed by atoms with E-state index >= 15 is 0 Å². The normalized spacial score (nSPS) is 11.8. The van der Waals surface area contributed by atoms with E-state index in [0.29, 0.717) is 4.36 Å². The molecule has 150 valence electrons. The van der Waals surface area contributed by atoms with Gasteiger partial charge in [0.2, 0.25) is 11.3 Å². The van der Waals surface area contributed by atoms with E-state index < -0.39 is 7.26 Å². The molecule has 0 aliphatic rings. The zero-order valence-corrected chi connectivity index (χ0v) is 20.8. The van der Waals surface area contributed by atoms with Gasteiger partial charge in [-0.1, -0.05) is 66.2 Å². The minimum atomic E-state index is -2.40. The largest absolute Gasteiger partial charge is 1.00 e. The molecule has 6 heteroatoms. The predicted molar refractivity (Wildman–Crippen MR) is 125 cm³/mol. The quantitative estimate of drug-likeness (QED) is 0.373. The van der Waals surface area contributed by atoms with Crippen molar-refractivity contribution in [2.45, 2.75) is 6.92 Å². The molecule has 0 saturated carbocycles. The van der Waals surface area contributed by atoms with Gasteiger partial charge in [-0.05, 0) is 42.7 Å². The van der Waals surface area contributed by atoms with E-state index in [9.17, 15) is 4.79 Å². The minimum Gasteiger partial charge on any atom is -1.00 e. The van der Waals surface area contributed by atoms with Crippen molar-refractivity contribution in [3.05, 3.63) is 101 Å². The molecule has 0 spiro atoms. The van der Waals surface area contributed by atoms with Gasteiger partial charge in [0.05, 0.1) is 0 Å². The molecule has 0 atom stereocenters. The van der Waals surface area contributed by atoms with E-state index in [2.05, 4.69) is 41.7 Å². The molecule has 3 aromatic rings. The van der Waals surface area contributed by atoms with Gasteiger partial charge in [0.25, 0.3) is 0 Å². The summed E-state index contributed by atoms with van der Waals surface area (Å²) < 4.78 is 0.597. The van der Waals surface area contributed by atoms with Gasteiger partial charge in [-0.3, -0.25) is 10.1 Å². The van der Waals surface area contributed by atoms with Crippen LogP contribution in [0, 0.1) is 0 Å². The van der Waals surface area contributed by atoms with Crippen molar-refractivity contribution < 1.29 is 28.8 Å². The Labute approximate surface area is 199 Å². The second kappa shape index (κ2) is 11.2. The standard InChI is InChI=1S/C23H21ClNOPS.HI/c1-18(26)25-23(22(24)28-2)27(19-12-6-3-7-13-19,20-14-8-4-9-15-20)21-16-10-5-11-17-21;/h3-17H,1-2H3;1H. The third kappa shape index (κ3) is 5.05. The molecule has 1 amide bonds. The molecule has 29 heavy (non-hydrogen) atoms. The van der Waals surface area contributed by atoms with Crippen LogP contribution in [0.25, 0.3) is 0 Å². The third-order valence-electron chi connectivity index (χ3n) is 4.43. The van der Waals surface area contributed by atoms with Crippen LogP contribution >= 0.6 is 30.6 Å². The first-order valence-electron chi connectivity index (χ1n) is 8.88. The maximum atomic E-state index is 12.2. The maximum Gasteiger partial charge on any atom is 0.223 e. The maximum absolute atomic E-state index is 12.2. The Morgan fingerprint density at radius 1 is 0.793 bits per heavy atom. The number of carbonyl (C=O) groups excluding carboxylic acids is 1. The number of benzene rings is 3. The molecule has 0 aliphatic carbocycles. The molecule has 0 radical (unpaired) electrons. The first-order chi connectivity index (χ1) is 13.6. The van der Waals surface area contributed by atoms with E-state index in [1.54, 1.807) is 0 Å². The molecule has 0 fully saturated rings. The highest BCUT2D eigenvalue weighted by Gasteiger charge is 2.51. The van der Waals surface area contributed by atoms with Crippen molar-refractivity contribution in [3.63, 3.8) is 0 Å². The highest BCUT2D eigenvalue weighted by Crippen LogP contribution is 2.63. The lowest BCUT2D eigenvalue weighted by atomic mass is 10.4. The Bertz CT molecular complexity index is 871. The van der Waals surface area contributed by atoms with Crippen LogP contribution in [0.15, 0.2) is 101 Å². The van der Waals surface area contributed by atoms with E-state index in [1.807, 2.05) is 60.9 Å². The Kier molecular flexibility index (Phi) is 9.22. The number of hydrogen-bond donors (Lipinski definition) is 1. The topological polar surface area (TPSA) is 29.1 Å². The van der Waals surface area contributed by atoms with Gasteiger partial charge in [-0.15, -0.1) is 11.8 Å². The van der Waals surface area contributed by atoms with Crippen molar-refractivity contribution >= 4 is 52.4 Å². The van der Waals surface area contributed by atoms with Crippen molar-refractivity contribution in [3.8, 4) is 0 Å². The summed E-state index contributed by atoms with van der Waals surface area (Å²) in [5.74, 6) is -0.130. The number of halogens is 2. The molecular formula is C23H22ClINOPS. The number of amides is 1. The van der Waals surface area contributed by atoms with Crippen LogP contribution in [0.2, 0.25) is 0 Å². The van der Waals surface area contributed by atoms with E-state index in [0.717, 1.165) is 21.4 Å². The van der Waals surface area contributed by atoms with Gasteiger partial charge in [0, 0.05) is 6.92 Å². The average molecular weight is 554 g/mol. The molecule has 2 nitrogen and oxygen atoms in total. The third-order valence-corrected chi connectivity index (χ3v) is 10.1. The smallest absolute Gasteiger partial charge is 0.223 e. The monoisotopic (exact) mass is 553 g/mol. The number of carbonyl (C=O) groups is 1. The Balaban J connectivity index is 0.00000300. The van der Waals surface area contributed by atoms with Crippen LogP contribution in [0.1, 0.15) is 6.92 Å². The Hall–Kier alpha value is -1.33. The molecule has 0 saturated heterocycles. The highest BCUT2D eigenvalue weighted by molar-refractivity contribution is 8.05. The van der Waals surface area contributed by atoms with Gasteiger partial charge >= 0.3 is 0 Å². The summed E-state index contributed by atoms with van der Waals surface area (Å²) in [6.45, 7) is 1.53. The first-order valence-corrected chi connectivity index (χ1v) is 12.3. The molecule has 0 bridgehead atoms. The van der Waals surface area contributed by atoms with E-state index in [4.69, 9.17) is 11.6 Å². The second-order valence-electron chi connectivity index (χ2n) is 6.19. The fraction of sp³-hybridized carbons (Fsp3) is 0.0870. The van der Waals surface area contributed by atoms with E-state index in [1.165, 1.54) is 18.7 Å². The van der Waals surface area contributed by atoms with Gasteiger partial charge in [-0.2, -0.15) is 0 Å². The van der Waals surface area contributed by atoms with Crippen molar-refractivity contribution in [1.82, 2.24) is 5.32 Å². The summed E-state index contributed by atoms with van der Waals surface area (Å²) in [7, 11) is -2.40. The lowest BCUT2D eigenvalue weighted by Crippen LogP contribution is -3.00. The molecule has 0 aromatic heterocycles. The number of thioether (sulfide) groups is 1. The lowest BCUT2D eigenvalue weighted by Gasteiger charge is -2.29. The highest BCUT2D eigenvalue weighted by atomic mass is 127. The van der Waals surface area contributed by atoms with Crippen LogP contribution in [0.3, 0.4) is 0 Å². The number of nitrogens with one attached hydrogen (secondary N) is 1. The Morgan fingerprint density at radius 2 is 1.14 bits per heavy atom.